The van der Waals surface area contributed by atoms with Crippen molar-refractivity contribution in [3.8, 4) is 5.75 Å². The average molecular weight is 324 g/mol. The van der Waals surface area contributed by atoms with Crippen molar-refractivity contribution in [1.29, 1.82) is 0 Å². The second-order valence-electron chi connectivity index (χ2n) is 5.14. The Morgan fingerprint density at radius 3 is 2.35 bits per heavy atom. The van der Waals surface area contributed by atoms with Crippen LogP contribution in [-0.4, -0.2) is 17.3 Å². The van der Waals surface area contributed by atoms with E-state index in [0.29, 0.717) is 0 Å². The fourth-order valence-electron chi connectivity index (χ4n) is 2.34. The van der Waals surface area contributed by atoms with E-state index in [1.165, 1.54) is 0 Å². The zero-order valence-corrected chi connectivity index (χ0v) is 13.5. The molecule has 0 fully saturated rings. The number of carbonyl (C=O) groups is 1. The van der Waals surface area contributed by atoms with Crippen LogP contribution in [-0.2, 0) is 11.3 Å². The zero-order valence-electron chi connectivity index (χ0n) is 12.7. The number of esters is 1. The van der Waals surface area contributed by atoms with Crippen LogP contribution in [0.1, 0.15) is 15.9 Å². The molecule has 0 heterocycles. The van der Waals surface area contributed by atoms with Crippen LogP contribution < -0.4 is 0 Å². The van der Waals surface area contributed by atoms with Crippen molar-refractivity contribution < 1.29 is 14.6 Å². The first kappa shape index (κ1) is 15.4. The molecular weight excluding hydrogens is 308 g/mol. The van der Waals surface area contributed by atoms with Gasteiger partial charge in [-0.1, -0.05) is 36.4 Å². The van der Waals surface area contributed by atoms with E-state index >= 15 is 0 Å². The maximum atomic E-state index is 12.2. The molecule has 0 atom stereocenters. The third kappa shape index (κ3) is 3.48. The van der Waals surface area contributed by atoms with E-state index in [-0.39, 0.29) is 17.9 Å². The van der Waals surface area contributed by atoms with Gasteiger partial charge in [0.05, 0.1) is 0 Å². The molecule has 0 amide bonds. The van der Waals surface area contributed by atoms with Crippen molar-refractivity contribution in [3.05, 3.63) is 71.8 Å². The highest BCUT2D eigenvalue weighted by Crippen LogP contribution is 2.26. The highest BCUT2D eigenvalue weighted by molar-refractivity contribution is 7.98. The van der Waals surface area contributed by atoms with E-state index in [1.54, 1.807) is 23.9 Å². The van der Waals surface area contributed by atoms with Crippen LogP contribution in [0, 0.1) is 0 Å². The van der Waals surface area contributed by atoms with Crippen LogP contribution in [0.2, 0.25) is 0 Å². The van der Waals surface area contributed by atoms with Gasteiger partial charge in [0.15, 0.2) is 0 Å². The predicted octanol–water partition coefficient (Wildman–Crippen LogP) is 4.62. The molecule has 3 aromatic rings. The molecule has 0 unspecified atom stereocenters. The van der Waals surface area contributed by atoms with Gasteiger partial charge in [0.25, 0.3) is 0 Å². The minimum Gasteiger partial charge on any atom is -0.507 e. The van der Waals surface area contributed by atoms with Crippen LogP contribution in [0.5, 0.6) is 5.75 Å². The largest absolute Gasteiger partial charge is 0.507 e. The molecule has 0 aromatic heterocycles. The number of benzene rings is 3. The van der Waals surface area contributed by atoms with Gasteiger partial charge in [0.2, 0.25) is 0 Å². The molecule has 0 saturated heterocycles. The Hall–Kier alpha value is -2.46. The summed E-state index contributed by atoms with van der Waals surface area (Å²) in [5, 5.41) is 11.8. The van der Waals surface area contributed by atoms with Crippen molar-refractivity contribution >= 4 is 28.5 Å². The number of hydrogen-bond donors (Lipinski definition) is 1. The van der Waals surface area contributed by atoms with Crippen LogP contribution in [0.15, 0.2) is 65.6 Å². The number of ether oxygens (including phenoxy) is 1. The number of carbonyl (C=O) groups excluding carboxylic acids is 1. The minimum atomic E-state index is -0.526. The first-order valence-corrected chi connectivity index (χ1v) is 8.41. The molecule has 1 N–H and O–H groups in total. The van der Waals surface area contributed by atoms with Crippen molar-refractivity contribution in [1.82, 2.24) is 0 Å². The molecule has 4 heteroatoms. The number of hydrogen-bond acceptors (Lipinski definition) is 4. The summed E-state index contributed by atoms with van der Waals surface area (Å²) in [7, 11) is 0. The molecule has 23 heavy (non-hydrogen) atoms. The lowest BCUT2D eigenvalue weighted by molar-refractivity contribution is 0.0469. The molecule has 0 radical (unpaired) electrons. The molecule has 0 aliphatic carbocycles. The van der Waals surface area contributed by atoms with Crippen LogP contribution in [0.4, 0.5) is 0 Å². The topological polar surface area (TPSA) is 46.5 Å². The zero-order chi connectivity index (χ0) is 16.2. The highest BCUT2D eigenvalue weighted by atomic mass is 32.2. The Morgan fingerprint density at radius 1 is 1.04 bits per heavy atom. The standard InChI is InChI=1S/C19H16O3S/c1-23-16-8-6-13(7-9-16)12-22-19(21)17-10-14-4-2-3-5-15(14)11-18(17)20/h2-11,20H,12H2,1H3. The van der Waals surface area contributed by atoms with Crippen LogP contribution >= 0.6 is 11.8 Å². The van der Waals surface area contributed by atoms with E-state index in [9.17, 15) is 9.90 Å². The molecule has 0 aliphatic heterocycles. The Morgan fingerprint density at radius 2 is 1.70 bits per heavy atom. The van der Waals surface area contributed by atoms with Crippen molar-refractivity contribution in [2.24, 2.45) is 0 Å². The maximum absolute atomic E-state index is 12.2. The summed E-state index contributed by atoms with van der Waals surface area (Å²) in [4.78, 5) is 13.4. The highest BCUT2D eigenvalue weighted by Gasteiger charge is 2.14. The van der Waals surface area contributed by atoms with Gasteiger partial charge in [0.1, 0.15) is 17.9 Å². The van der Waals surface area contributed by atoms with Crippen LogP contribution in [0.25, 0.3) is 10.8 Å². The predicted molar refractivity (Wildman–Crippen MR) is 93.0 cm³/mol. The molecule has 116 valence electrons. The molecule has 0 saturated carbocycles. The van der Waals surface area contributed by atoms with Gasteiger partial charge in [-0.15, -0.1) is 11.8 Å². The third-order valence-corrected chi connectivity index (χ3v) is 4.36. The second kappa shape index (κ2) is 6.75. The van der Waals surface area contributed by atoms with Gasteiger partial charge in [-0.25, -0.2) is 4.79 Å². The summed E-state index contributed by atoms with van der Waals surface area (Å²) >= 11 is 1.66. The van der Waals surface area contributed by atoms with E-state index in [1.807, 2.05) is 54.8 Å². The lowest BCUT2D eigenvalue weighted by Crippen LogP contribution is -2.05. The van der Waals surface area contributed by atoms with Crippen LogP contribution in [0.3, 0.4) is 0 Å². The van der Waals surface area contributed by atoms with Gasteiger partial charge in [-0.05, 0) is 46.9 Å². The fraction of sp³-hybridized carbons (Fsp3) is 0.105. The normalized spacial score (nSPS) is 10.7. The summed E-state index contributed by atoms with van der Waals surface area (Å²) in [6.07, 6.45) is 2.01. The number of fused-ring (bicyclic) bond motifs is 1. The average Bonchev–Trinajstić information content (AvgIpc) is 2.59. The number of rotatable bonds is 4. The van der Waals surface area contributed by atoms with Crippen molar-refractivity contribution in [3.63, 3.8) is 0 Å². The summed E-state index contributed by atoms with van der Waals surface area (Å²) in [6.45, 7) is 0.180. The molecule has 3 aromatic carbocycles. The monoisotopic (exact) mass is 324 g/mol. The summed E-state index contributed by atoms with van der Waals surface area (Å²) in [5.74, 6) is -0.589. The lowest BCUT2D eigenvalue weighted by atomic mass is 10.1. The van der Waals surface area contributed by atoms with E-state index in [0.717, 1.165) is 21.2 Å². The summed E-state index contributed by atoms with van der Waals surface area (Å²) in [6, 6.07) is 18.6. The van der Waals surface area contributed by atoms with Crippen molar-refractivity contribution in [2.45, 2.75) is 11.5 Å². The maximum Gasteiger partial charge on any atom is 0.342 e. The quantitative estimate of drug-likeness (QED) is 0.562. The lowest BCUT2D eigenvalue weighted by Gasteiger charge is -2.08. The number of phenols is 1. The van der Waals surface area contributed by atoms with E-state index in [4.69, 9.17) is 4.74 Å². The third-order valence-electron chi connectivity index (χ3n) is 3.61. The molecule has 0 aliphatic rings. The smallest absolute Gasteiger partial charge is 0.342 e. The molecule has 0 spiro atoms. The Kier molecular flexibility index (Phi) is 4.53. The van der Waals surface area contributed by atoms with Gasteiger partial charge >= 0.3 is 5.97 Å². The molecule has 3 rings (SSSR count). The van der Waals surface area contributed by atoms with Crippen molar-refractivity contribution in [2.75, 3.05) is 6.26 Å². The van der Waals surface area contributed by atoms with Gasteiger partial charge in [0, 0.05) is 4.90 Å². The Bertz CT molecular complexity index is 841. The molecular formula is C19H16O3S. The number of phenolic OH excluding ortho intramolecular Hbond substituents is 1. The first-order chi connectivity index (χ1) is 11.2. The number of thioether (sulfide) groups is 1. The van der Waals surface area contributed by atoms with E-state index in [2.05, 4.69) is 0 Å². The minimum absolute atomic E-state index is 0.0635. The number of aromatic hydroxyl groups is 1. The summed E-state index contributed by atoms with van der Waals surface area (Å²) in [5.41, 5.74) is 1.10. The molecule has 3 nitrogen and oxygen atoms in total. The van der Waals surface area contributed by atoms with Gasteiger partial charge < -0.3 is 9.84 Å². The van der Waals surface area contributed by atoms with Gasteiger partial charge in [-0.2, -0.15) is 0 Å². The van der Waals surface area contributed by atoms with Gasteiger partial charge in [-0.3, -0.25) is 0 Å². The van der Waals surface area contributed by atoms with E-state index < -0.39 is 5.97 Å². The second-order valence-corrected chi connectivity index (χ2v) is 6.02. The fourth-order valence-corrected chi connectivity index (χ4v) is 2.75. The first-order valence-electron chi connectivity index (χ1n) is 7.19. The summed E-state index contributed by atoms with van der Waals surface area (Å²) < 4.78 is 5.31. The Labute approximate surface area is 138 Å². The Balaban J connectivity index is 1.76. The molecule has 0 bridgehead atoms. The SMILES string of the molecule is CSc1ccc(COC(=O)c2cc3ccccc3cc2O)cc1.